The lowest BCUT2D eigenvalue weighted by Gasteiger charge is -2.30. The number of ether oxygens (including phenoxy) is 1. The van der Waals surface area contributed by atoms with Crippen molar-refractivity contribution in [3.63, 3.8) is 0 Å². The van der Waals surface area contributed by atoms with E-state index in [1.807, 2.05) is 0 Å². The van der Waals surface area contributed by atoms with Crippen molar-refractivity contribution < 1.29 is 13.9 Å². The Kier molecular flexibility index (Phi) is 5.06. The second-order valence-corrected chi connectivity index (χ2v) is 5.56. The van der Waals surface area contributed by atoms with Gasteiger partial charge in [-0.15, -0.1) is 12.4 Å². The second kappa shape index (κ2) is 6.62. The van der Waals surface area contributed by atoms with Gasteiger partial charge >= 0.3 is 0 Å². The summed E-state index contributed by atoms with van der Waals surface area (Å²) in [5.74, 6) is 0.425. The van der Waals surface area contributed by atoms with Crippen LogP contribution in [0.25, 0.3) is 0 Å². The minimum absolute atomic E-state index is 0. The van der Waals surface area contributed by atoms with Crippen LogP contribution in [0, 0.1) is 11.7 Å². The molecule has 116 valence electrons. The Labute approximate surface area is 129 Å². The standard InChI is InChI=1S/C15H19FN2O2.ClH/c16-11-4-5-13-14(9-11)20-7-6-18(13)15(19)8-10-2-1-3-12(10)17;/h4-5,9-10,12H,1-3,6-8,17H2;1H/t10-,12+;/m0./s1. The van der Waals surface area contributed by atoms with Crippen molar-refractivity contribution in [2.75, 3.05) is 18.1 Å². The van der Waals surface area contributed by atoms with E-state index >= 15 is 0 Å². The van der Waals surface area contributed by atoms with Crippen molar-refractivity contribution in [3.05, 3.63) is 24.0 Å². The molecular weight excluding hydrogens is 295 g/mol. The number of hydrogen-bond acceptors (Lipinski definition) is 3. The van der Waals surface area contributed by atoms with Crippen LogP contribution in [0.15, 0.2) is 18.2 Å². The van der Waals surface area contributed by atoms with E-state index in [0.29, 0.717) is 31.0 Å². The molecule has 1 aromatic rings. The van der Waals surface area contributed by atoms with Crippen LogP contribution in [0.5, 0.6) is 5.75 Å². The van der Waals surface area contributed by atoms with E-state index in [1.165, 1.54) is 12.1 Å². The zero-order valence-corrected chi connectivity index (χ0v) is 12.6. The highest BCUT2D eigenvalue weighted by atomic mass is 35.5. The molecule has 3 rings (SSSR count). The minimum Gasteiger partial charge on any atom is -0.489 e. The molecule has 1 aromatic carbocycles. The van der Waals surface area contributed by atoms with Gasteiger partial charge in [0.2, 0.25) is 5.91 Å². The molecule has 0 spiro atoms. The molecule has 1 fully saturated rings. The molecular formula is C15H20ClFN2O2. The van der Waals surface area contributed by atoms with Crippen molar-refractivity contribution in [3.8, 4) is 5.75 Å². The third-order valence-electron chi connectivity index (χ3n) is 4.24. The maximum Gasteiger partial charge on any atom is 0.227 e. The van der Waals surface area contributed by atoms with E-state index in [9.17, 15) is 9.18 Å². The van der Waals surface area contributed by atoms with Gasteiger partial charge in [0.15, 0.2) is 0 Å². The average Bonchev–Trinajstić information content (AvgIpc) is 2.83. The Hall–Kier alpha value is -1.33. The van der Waals surface area contributed by atoms with Crippen LogP contribution in [0.1, 0.15) is 25.7 Å². The first kappa shape index (κ1) is 16.0. The van der Waals surface area contributed by atoms with Crippen molar-refractivity contribution in [1.82, 2.24) is 0 Å². The number of benzene rings is 1. The lowest BCUT2D eigenvalue weighted by Crippen LogP contribution is -2.40. The highest BCUT2D eigenvalue weighted by molar-refractivity contribution is 5.95. The third kappa shape index (κ3) is 3.30. The smallest absolute Gasteiger partial charge is 0.227 e. The van der Waals surface area contributed by atoms with E-state index in [0.717, 1.165) is 19.3 Å². The van der Waals surface area contributed by atoms with Crippen LogP contribution in [0.4, 0.5) is 10.1 Å². The Morgan fingerprint density at radius 1 is 1.43 bits per heavy atom. The number of carbonyl (C=O) groups is 1. The number of hydrogen-bond donors (Lipinski definition) is 1. The predicted octanol–water partition coefficient (Wildman–Crippen LogP) is 2.49. The molecule has 2 aliphatic rings. The summed E-state index contributed by atoms with van der Waals surface area (Å²) in [6, 6.07) is 4.43. The first-order chi connectivity index (χ1) is 9.65. The summed E-state index contributed by atoms with van der Waals surface area (Å²) in [6.45, 7) is 0.915. The largest absolute Gasteiger partial charge is 0.489 e. The van der Waals surface area contributed by atoms with Gasteiger partial charge < -0.3 is 15.4 Å². The quantitative estimate of drug-likeness (QED) is 0.912. The van der Waals surface area contributed by atoms with Gasteiger partial charge in [0.05, 0.1) is 12.2 Å². The van der Waals surface area contributed by atoms with Gasteiger partial charge in [0.25, 0.3) is 0 Å². The SMILES string of the molecule is Cl.N[C@@H]1CCC[C@H]1CC(=O)N1CCOc2cc(F)ccc21. The molecule has 21 heavy (non-hydrogen) atoms. The molecule has 6 heteroatoms. The Morgan fingerprint density at radius 2 is 2.24 bits per heavy atom. The molecule has 1 amide bonds. The molecule has 2 atom stereocenters. The summed E-state index contributed by atoms with van der Waals surface area (Å²) in [4.78, 5) is 14.2. The second-order valence-electron chi connectivity index (χ2n) is 5.56. The van der Waals surface area contributed by atoms with Crippen molar-refractivity contribution in [2.45, 2.75) is 31.7 Å². The van der Waals surface area contributed by atoms with Crippen LogP contribution in [-0.4, -0.2) is 25.1 Å². The number of anilines is 1. The number of nitrogens with zero attached hydrogens (tertiary/aromatic N) is 1. The molecule has 0 radical (unpaired) electrons. The van der Waals surface area contributed by atoms with Crippen LogP contribution in [0.2, 0.25) is 0 Å². The lowest BCUT2D eigenvalue weighted by molar-refractivity contribution is -0.119. The Morgan fingerprint density at radius 3 is 2.95 bits per heavy atom. The predicted molar refractivity (Wildman–Crippen MR) is 81.4 cm³/mol. The normalized spacial score (nSPS) is 24.0. The summed E-state index contributed by atoms with van der Waals surface area (Å²) in [7, 11) is 0. The third-order valence-corrected chi connectivity index (χ3v) is 4.24. The van der Waals surface area contributed by atoms with E-state index < -0.39 is 0 Å². The van der Waals surface area contributed by atoms with Gasteiger partial charge in [-0.3, -0.25) is 4.79 Å². The van der Waals surface area contributed by atoms with Crippen LogP contribution in [0.3, 0.4) is 0 Å². The molecule has 1 saturated carbocycles. The van der Waals surface area contributed by atoms with Crippen LogP contribution < -0.4 is 15.4 Å². The van der Waals surface area contributed by atoms with Gasteiger partial charge in [-0.2, -0.15) is 0 Å². The Balaban J connectivity index is 0.00000161. The number of carbonyl (C=O) groups excluding carboxylic acids is 1. The van der Waals surface area contributed by atoms with Crippen molar-refractivity contribution in [1.29, 1.82) is 0 Å². The fourth-order valence-corrected chi connectivity index (χ4v) is 3.11. The molecule has 0 saturated heterocycles. The summed E-state index contributed by atoms with van der Waals surface area (Å²) in [6.07, 6.45) is 3.60. The van der Waals surface area contributed by atoms with Gasteiger partial charge in [-0.25, -0.2) is 4.39 Å². The highest BCUT2D eigenvalue weighted by Gasteiger charge is 2.30. The van der Waals surface area contributed by atoms with E-state index in [-0.39, 0.29) is 36.1 Å². The number of amides is 1. The molecule has 0 unspecified atom stereocenters. The number of halogens is 2. The van der Waals surface area contributed by atoms with Gasteiger partial charge in [0.1, 0.15) is 18.2 Å². The fraction of sp³-hybridized carbons (Fsp3) is 0.533. The van der Waals surface area contributed by atoms with Gasteiger partial charge in [-0.1, -0.05) is 6.42 Å². The Bertz CT molecular complexity index is 526. The zero-order valence-electron chi connectivity index (χ0n) is 11.8. The number of nitrogens with two attached hydrogens (primary N) is 1. The molecule has 1 heterocycles. The zero-order chi connectivity index (χ0) is 14.1. The topological polar surface area (TPSA) is 55.6 Å². The highest BCUT2D eigenvalue weighted by Crippen LogP contribution is 2.34. The summed E-state index contributed by atoms with van der Waals surface area (Å²) >= 11 is 0. The van der Waals surface area contributed by atoms with Crippen LogP contribution in [-0.2, 0) is 4.79 Å². The van der Waals surface area contributed by atoms with Gasteiger partial charge in [0, 0.05) is 18.5 Å². The van der Waals surface area contributed by atoms with Gasteiger partial charge in [-0.05, 0) is 30.9 Å². The molecule has 4 nitrogen and oxygen atoms in total. The molecule has 1 aliphatic heterocycles. The molecule has 0 aromatic heterocycles. The molecule has 0 bridgehead atoms. The van der Waals surface area contributed by atoms with Crippen molar-refractivity contribution in [2.24, 2.45) is 11.7 Å². The maximum absolute atomic E-state index is 13.2. The van der Waals surface area contributed by atoms with Crippen molar-refractivity contribution >= 4 is 24.0 Å². The van der Waals surface area contributed by atoms with E-state index in [2.05, 4.69) is 0 Å². The number of rotatable bonds is 2. The molecule has 1 aliphatic carbocycles. The monoisotopic (exact) mass is 314 g/mol. The summed E-state index contributed by atoms with van der Waals surface area (Å²) in [5.41, 5.74) is 6.69. The average molecular weight is 315 g/mol. The minimum atomic E-state index is -0.351. The first-order valence-electron chi connectivity index (χ1n) is 7.13. The fourth-order valence-electron chi connectivity index (χ4n) is 3.11. The summed E-state index contributed by atoms with van der Waals surface area (Å²) in [5, 5.41) is 0. The van der Waals surface area contributed by atoms with E-state index in [1.54, 1.807) is 11.0 Å². The van der Waals surface area contributed by atoms with Crippen LogP contribution >= 0.6 is 12.4 Å². The first-order valence-corrected chi connectivity index (χ1v) is 7.13. The number of fused-ring (bicyclic) bond motifs is 1. The maximum atomic E-state index is 13.2. The molecule has 2 N–H and O–H groups in total. The lowest BCUT2D eigenvalue weighted by atomic mass is 9.99. The summed E-state index contributed by atoms with van der Waals surface area (Å²) < 4.78 is 18.6. The van der Waals surface area contributed by atoms with E-state index in [4.69, 9.17) is 10.5 Å².